The van der Waals surface area contributed by atoms with Crippen molar-refractivity contribution in [3.8, 4) is 0 Å². The van der Waals surface area contributed by atoms with Crippen molar-refractivity contribution < 1.29 is 22.4 Å². The highest BCUT2D eigenvalue weighted by Crippen LogP contribution is 2.17. The van der Waals surface area contributed by atoms with Gasteiger partial charge in [-0.2, -0.15) is 0 Å². The van der Waals surface area contributed by atoms with Crippen LogP contribution in [0.2, 0.25) is 0 Å². The van der Waals surface area contributed by atoms with Crippen LogP contribution in [0.1, 0.15) is 29.5 Å². The molecule has 0 saturated carbocycles. The molecule has 0 spiro atoms. The van der Waals surface area contributed by atoms with E-state index in [1.54, 1.807) is 0 Å². The molecule has 1 aromatic carbocycles. The molecule has 1 heterocycles. The Labute approximate surface area is 129 Å². The third kappa shape index (κ3) is 4.21. The van der Waals surface area contributed by atoms with E-state index in [1.807, 2.05) is 37.3 Å². The van der Waals surface area contributed by atoms with Gasteiger partial charge >= 0.3 is 5.97 Å². The largest absolute Gasteiger partial charge is 0.456 e. The molecule has 1 aromatic heterocycles. The van der Waals surface area contributed by atoms with E-state index < -0.39 is 15.8 Å². The standard InChI is InChI=1S/C16H18O5S/c1-3-13(11-12-7-5-4-6-8-12)20-16(17)14-9-10-15(21-14)22(2,18)19/h4-10,13H,3,11H2,1-2H3/t13-/m0/s1. The molecular weight excluding hydrogens is 304 g/mol. The van der Waals surface area contributed by atoms with Gasteiger partial charge in [-0.3, -0.25) is 0 Å². The summed E-state index contributed by atoms with van der Waals surface area (Å²) in [6.45, 7) is 1.92. The number of carbonyl (C=O) groups is 1. The number of ether oxygens (including phenoxy) is 1. The van der Waals surface area contributed by atoms with Crippen LogP contribution in [0, 0.1) is 0 Å². The van der Waals surface area contributed by atoms with E-state index in [-0.39, 0.29) is 17.0 Å². The molecule has 5 nitrogen and oxygen atoms in total. The van der Waals surface area contributed by atoms with Crippen LogP contribution in [-0.4, -0.2) is 26.7 Å². The van der Waals surface area contributed by atoms with Crippen molar-refractivity contribution in [1.82, 2.24) is 0 Å². The van der Waals surface area contributed by atoms with Crippen LogP contribution in [0.5, 0.6) is 0 Å². The fourth-order valence-electron chi connectivity index (χ4n) is 1.98. The summed E-state index contributed by atoms with van der Waals surface area (Å²) >= 11 is 0. The van der Waals surface area contributed by atoms with Gasteiger partial charge in [-0.05, 0) is 24.1 Å². The first-order valence-corrected chi connectivity index (χ1v) is 8.84. The van der Waals surface area contributed by atoms with Crippen LogP contribution in [0.4, 0.5) is 0 Å². The van der Waals surface area contributed by atoms with Crippen LogP contribution in [-0.2, 0) is 21.0 Å². The van der Waals surface area contributed by atoms with E-state index in [0.717, 1.165) is 11.8 Å². The van der Waals surface area contributed by atoms with E-state index in [1.165, 1.54) is 12.1 Å². The highest BCUT2D eigenvalue weighted by molar-refractivity contribution is 7.90. The maximum absolute atomic E-state index is 12.0. The van der Waals surface area contributed by atoms with Crippen LogP contribution in [0.3, 0.4) is 0 Å². The lowest BCUT2D eigenvalue weighted by atomic mass is 10.1. The second kappa shape index (κ2) is 6.79. The lowest BCUT2D eigenvalue weighted by Gasteiger charge is -2.15. The van der Waals surface area contributed by atoms with Crippen molar-refractivity contribution in [3.63, 3.8) is 0 Å². The number of rotatable bonds is 6. The number of carbonyl (C=O) groups excluding carboxylic acids is 1. The molecule has 1 atom stereocenters. The fourth-order valence-corrected chi connectivity index (χ4v) is 2.54. The van der Waals surface area contributed by atoms with Gasteiger partial charge in [-0.25, -0.2) is 13.2 Å². The van der Waals surface area contributed by atoms with Gasteiger partial charge in [0, 0.05) is 12.7 Å². The van der Waals surface area contributed by atoms with Gasteiger partial charge in [0.05, 0.1) is 0 Å². The Morgan fingerprint density at radius 2 is 1.86 bits per heavy atom. The lowest BCUT2D eigenvalue weighted by molar-refractivity contribution is 0.0253. The first kappa shape index (κ1) is 16.3. The Morgan fingerprint density at radius 1 is 1.18 bits per heavy atom. The third-order valence-electron chi connectivity index (χ3n) is 3.18. The minimum Gasteiger partial charge on any atom is -0.456 e. The quantitative estimate of drug-likeness (QED) is 0.765. The summed E-state index contributed by atoms with van der Waals surface area (Å²) in [5.74, 6) is -0.760. The second-order valence-electron chi connectivity index (χ2n) is 5.02. The molecule has 2 aromatic rings. The summed E-state index contributed by atoms with van der Waals surface area (Å²) in [4.78, 5) is 12.0. The van der Waals surface area contributed by atoms with Crippen molar-refractivity contribution in [3.05, 3.63) is 53.8 Å². The summed E-state index contributed by atoms with van der Waals surface area (Å²) in [6, 6.07) is 12.3. The normalized spacial score (nSPS) is 12.8. The maximum atomic E-state index is 12.0. The Hall–Kier alpha value is -2.08. The zero-order valence-corrected chi connectivity index (χ0v) is 13.3. The molecule has 6 heteroatoms. The van der Waals surface area contributed by atoms with E-state index >= 15 is 0 Å². The average molecular weight is 322 g/mol. The predicted molar refractivity (Wildman–Crippen MR) is 81.5 cm³/mol. The second-order valence-corrected chi connectivity index (χ2v) is 6.96. The molecule has 0 aliphatic rings. The summed E-state index contributed by atoms with van der Waals surface area (Å²) in [6.07, 6.45) is 1.98. The smallest absolute Gasteiger partial charge is 0.374 e. The van der Waals surface area contributed by atoms with Gasteiger partial charge in [0.15, 0.2) is 0 Å². The maximum Gasteiger partial charge on any atom is 0.374 e. The highest BCUT2D eigenvalue weighted by atomic mass is 32.2. The molecule has 0 aliphatic heterocycles. The van der Waals surface area contributed by atoms with Crippen LogP contribution in [0.15, 0.2) is 52.0 Å². The summed E-state index contributed by atoms with van der Waals surface area (Å²) < 4.78 is 33.1. The van der Waals surface area contributed by atoms with E-state index in [2.05, 4.69) is 0 Å². The van der Waals surface area contributed by atoms with Gasteiger partial charge < -0.3 is 9.15 Å². The minimum absolute atomic E-state index is 0.105. The van der Waals surface area contributed by atoms with Crippen molar-refractivity contribution in [2.45, 2.75) is 31.0 Å². The highest BCUT2D eigenvalue weighted by Gasteiger charge is 2.21. The predicted octanol–water partition coefficient (Wildman–Crippen LogP) is 2.86. The molecule has 0 saturated heterocycles. The van der Waals surface area contributed by atoms with Gasteiger partial charge in [0.1, 0.15) is 6.10 Å². The number of furan rings is 1. The topological polar surface area (TPSA) is 73.6 Å². The number of benzene rings is 1. The molecular formula is C16H18O5S. The molecule has 0 N–H and O–H groups in total. The molecule has 0 bridgehead atoms. The SMILES string of the molecule is CC[C@@H](Cc1ccccc1)OC(=O)c1ccc(S(C)(=O)=O)o1. The first-order valence-electron chi connectivity index (χ1n) is 6.95. The molecule has 0 radical (unpaired) electrons. The minimum atomic E-state index is -3.47. The number of sulfone groups is 1. The molecule has 0 amide bonds. The number of hydrogen-bond donors (Lipinski definition) is 0. The Morgan fingerprint density at radius 3 is 2.41 bits per heavy atom. The Bertz CT molecular complexity index is 731. The Kier molecular flexibility index (Phi) is 5.03. The zero-order chi connectivity index (χ0) is 16.2. The van der Waals surface area contributed by atoms with Crippen molar-refractivity contribution >= 4 is 15.8 Å². The molecule has 2 rings (SSSR count). The van der Waals surface area contributed by atoms with Gasteiger partial charge in [-0.1, -0.05) is 37.3 Å². The molecule has 0 fully saturated rings. The van der Waals surface area contributed by atoms with Gasteiger partial charge in [0.25, 0.3) is 0 Å². The van der Waals surface area contributed by atoms with E-state index in [9.17, 15) is 13.2 Å². The average Bonchev–Trinajstić information content (AvgIpc) is 2.97. The summed E-state index contributed by atoms with van der Waals surface area (Å²) in [7, 11) is -3.47. The molecule has 22 heavy (non-hydrogen) atoms. The van der Waals surface area contributed by atoms with Crippen LogP contribution < -0.4 is 0 Å². The molecule has 118 valence electrons. The third-order valence-corrected chi connectivity index (χ3v) is 4.13. The summed E-state index contributed by atoms with van der Waals surface area (Å²) in [5, 5.41) is -0.240. The van der Waals surface area contributed by atoms with Crippen LogP contribution >= 0.6 is 0 Å². The van der Waals surface area contributed by atoms with Gasteiger partial charge in [0.2, 0.25) is 20.7 Å². The fraction of sp³-hybridized carbons (Fsp3) is 0.312. The lowest BCUT2D eigenvalue weighted by Crippen LogP contribution is -2.19. The van der Waals surface area contributed by atoms with E-state index in [0.29, 0.717) is 12.8 Å². The van der Waals surface area contributed by atoms with Crippen molar-refractivity contribution in [2.24, 2.45) is 0 Å². The number of hydrogen-bond acceptors (Lipinski definition) is 5. The summed E-state index contributed by atoms with van der Waals surface area (Å²) in [5.41, 5.74) is 1.07. The monoisotopic (exact) mass is 322 g/mol. The molecule has 0 unspecified atom stereocenters. The van der Waals surface area contributed by atoms with Gasteiger partial charge in [-0.15, -0.1) is 0 Å². The van der Waals surface area contributed by atoms with E-state index in [4.69, 9.17) is 9.15 Å². The zero-order valence-electron chi connectivity index (χ0n) is 12.5. The molecule has 0 aliphatic carbocycles. The number of esters is 1. The Balaban J connectivity index is 2.05. The van der Waals surface area contributed by atoms with Crippen molar-refractivity contribution in [1.29, 1.82) is 0 Å². The first-order chi connectivity index (χ1) is 10.4. The van der Waals surface area contributed by atoms with Crippen molar-refractivity contribution in [2.75, 3.05) is 6.26 Å². The van der Waals surface area contributed by atoms with Crippen LogP contribution in [0.25, 0.3) is 0 Å².